The van der Waals surface area contributed by atoms with Gasteiger partial charge in [-0.15, -0.1) is 0 Å². The van der Waals surface area contributed by atoms with Crippen molar-refractivity contribution in [3.63, 3.8) is 0 Å². The van der Waals surface area contributed by atoms with Crippen molar-refractivity contribution in [3.8, 4) is 11.1 Å². The summed E-state index contributed by atoms with van der Waals surface area (Å²) >= 11 is 0. The second-order valence-electron chi connectivity index (χ2n) is 7.58. The van der Waals surface area contributed by atoms with Gasteiger partial charge in [0.25, 0.3) is 0 Å². The highest BCUT2D eigenvalue weighted by Gasteiger charge is 2.09. The van der Waals surface area contributed by atoms with Crippen LogP contribution in [0, 0.1) is 0 Å². The van der Waals surface area contributed by atoms with Crippen LogP contribution in [0.1, 0.15) is 36.8 Å². The zero-order chi connectivity index (χ0) is 19.3. The predicted octanol–water partition coefficient (Wildman–Crippen LogP) is 3.29. The van der Waals surface area contributed by atoms with Gasteiger partial charge in [-0.2, -0.15) is 0 Å². The zero-order valence-corrected chi connectivity index (χ0v) is 17.1. The lowest BCUT2D eigenvalue weighted by Crippen LogP contribution is -2.25. The van der Waals surface area contributed by atoms with Gasteiger partial charge in [-0.1, -0.05) is 48.5 Å². The molecule has 0 amide bonds. The second kappa shape index (κ2) is 12.7. The summed E-state index contributed by atoms with van der Waals surface area (Å²) in [6.07, 6.45) is 4.84. The van der Waals surface area contributed by atoms with Gasteiger partial charge < -0.3 is 21.3 Å². The molecule has 0 atom stereocenters. The summed E-state index contributed by atoms with van der Waals surface area (Å²) in [5, 5.41) is 14.4. The van der Waals surface area contributed by atoms with Crippen LogP contribution < -0.4 is 21.3 Å². The Bertz CT molecular complexity index is 626. The third-order valence-corrected chi connectivity index (χ3v) is 5.33. The summed E-state index contributed by atoms with van der Waals surface area (Å²) in [6, 6.07) is 17.6. The number of hydrogen-bond donors (Lipinski definition) is 4. The molecule has 0 saturated carbocycles. The first-order valence-electron chi connectivity index (χ1n) is 10.9. The van der Waals surface area contributed by atoms with Crippen molar-refractivity contribution in [1.29, 1.82) is 0 Å². The molecule has 0 aliphatic carbocycles. The van der Waals surface area contributed by atoms with Gasteiger partial charge in [-0.05, 0) is 87.2 Å². The average Bonchev–Trinajstić information content (AvgIpc) is 2.73. The van der Waals surface area contributed by atoms with E-state index < -0.39 is 0 Å². The number of fused-ring (bicyclic) bond motifs is 3. The number of hydrogen-bond acceptors (Lipinski definition) is 4. The van der Waals surface area contributed by atoms with E-state index in [9.17, 15) is 0 Å². The van der Waals surface area contributed by atoms with Gasteiger partial charge in [0.05, 0.1) is 0 Å². The predicted molar refractivity (Wildman–Crippen MR) is 119 cm³/mol. The maximum Gasteiger partial charge on any atom is 0.0211 e. The molecular weight excluding hydrogens is 344 g/mol. The van der Waals surface area contributed by atoms with Crippen molar-refractivity contribution < 1.29 is 0 Å². The molecule has 0 bridgehead atoms. The molecule has 1 aliphatic rings. The Morgan fingerprint density at radius 2 is 0.821 bits per heavy atom. The molecule has 4 nitrogen and oxygen atoms in total. The lowest BCUT2D eigenvalue weighted by molar-refractivity contribution is 0.547. The molecule has 0 radical (unpaired) electrons. The molecule has 2 aromatic rings. The summed E-state index contributed by atoms with van der Waals surface area (Å²) in [5.41, 5.74) is 5.45. The van der Waals surface area contributed by atoms with E-state index in [0.717, 1.165) is 52.4 Å². The zero-order valence-electron chi connectivity index (χ0n) is 17.1. The SMILES string of the molecule is c1ccc2c(c1)CNCCCNCCCCNCCCNCc1ccccc1-2. The highest BCUT2D eigenvalue weighted by atomic mass is 14.9. The van der Waals surface area contributed by atoms with E-state index in [1.165, 1.54) is 47.9 Å². The van der Waals surface area contributed by atoms with Gasteiger partial charge in [0, 0.05) is 13.1 Å². The largest absolute Gasteiger partial charge is 0.317 e. The topological polar surface area (TPSA) is 48.1 Å². The maximum absolute atomic E-state index is 3.63. The van der Waals surface area contributed by atoms with Crippen molar-refractivity contribution in [2.75, 3.05) is 39.3 Å². The van der Waals surface area contributed by atoms with Crippen LogP contribution in [0.25, 0.3) is 11.1 Å². The molecule has 1 aliphatic heterocycles. The van der Waals surface area contributed by atoms with Gasteiger partial charge >= 0.3 is 0 Å². The summed E-state index contributed by atoms with van der Waals surface area (Å²) in [4.78, 5) is 0. The van der Waals surface area contributed by atoms with Gasteiger partial charge in [0.2, 0.25) is 0 Å². The second-order valence-corrected chi connectivity index (χ2v) is 7.58. The van der Waals surface area contributed by atoms with E-state index in [0.29, 0.717) is 0 Å². The highest BCUT2D eigenvalue weighted by Crippen LogP contribution is 2.27. The van der Waals surface area contributed by atoms with Crippen molar-refractivity contribution >= 4 is 0 Å². The molecule has 0 fully saturated rings. The van der Waals surface area contributed by atoms with Crippen molar-refractivity contribution in [1.82, 2.24) is 21.3 Å². The minimum Gasteiger partial charge on any atom is -0.317 e. The molecule has 2 aromatic carbocycles. The average molecular weight is 381 g/mol. The van der Waals surface area contributed by atoms with Crippen LogP contribution >= 0.6 is 0 Å². The van der Waals surface area contributed by atoms with Crippen LogP contribution in [0.5, 0.6) is 0 Å². The summed E-state index contributed by atoms with van der Waals surface area (Å²) < 4.78 is 0. The number of rotatable bonds is 0. The molecule has 28 heavy (non-hydrogen) atoms. The molecule has 0 unspecified atom stereocenters. The highest BCUT2D eigenvalue weighted by molar-refractivity contribution is 5.70. The quantitative estimate of drug-likeness (QED) is 0.567. The molecule has 152 valence electrons. The van der Waals surface area contributed by atoms with Crippen LogP contribution in [-0.4, -0.2) is 39.3 Å². The van der Waals surface area contributed by atoms with Gasteiger partial charge in [0.15, 0.2) is 0 Å². The monoisotopic (exact) mass is 380 g/mol. The number of nitrogens with one attached hydrogen (secondary N) is 4. The molecule has 4 N–H and O–H groups in total. The van der Waals surface area contributed by atoms with Crippen molar-refractivity contribution in [2.24, 2.45) is 0 Å². The molecule has 0 aromatic heterocycles. The Labute approximate surface area is 170 Å². The van der Waals surface area contributed by atoms with Crippen LogP contribution in [0.2, 0.25) is 0 Å². The standard InChI is InChI=1S/C24H36N4/c1-3-11-23-21(9-1)19-27-17-7-15-25-13-5-6-14-26-16-8-18-28-20-22-10-2-4-12-24(22)23/h1-4,9-12,25-28H,5-8,13-20H2. The molecule has 4 heteroatoms. The van der Waals surface area contributed by atoms with Crippen LogP contribution in [-0.2, 0) is 13.1 Å². The smallest absolute Gasteiger partial charge is 0.0211 e. The van der Waals surface area contributed by atoms with Crippen LogP contribution in [0.15, 0.2) is 48.5 Å². The fourth-order valence-electron chi connectivity index (χ4n) is 3.75. The molecule has 0 spiro atoms. The lowest BCUT2D eigenvalue weighted by atomic mass is 9.95. The normalized spacial score (nSPS) is 18.6. The van der Waals surface area contributed by atoms with E-state index in [4.69, 9.17) is 0 Å². The Morgan fingerprint density at radius 1 is 0.429 bits per heavy atom. The first-order valence-corrected chi connectivity index (χ1v) is 10.9. The van der Waals surface area contributed by atoms with Crippen LogP contribution in [0.3, 0.4) is 0 Å². The van der Waals surface area contributed by atoms with Gasteiger partial charge in [0.1, 0.15) is 0 Å². The lowest BCUT2D eigenvalue weighted by Gasteiger charge is -2.15. The van der Waals surface area contributed by atoms with Crippen LogP contribution in [0.4, 0.5) is 0 Å². The summed E-state index contributed by atoms with van der Waals surface area (Å²) in [6.45, 7) is 8.38. The molecule has 1 heterocycles. The third kappa shape index (κ3) is 7.02. The maximum atomic E-state index is 3.63. The fraction of sp³-hybridized carbons (Fsp3) is 0.500. The summed E-state index contributed by atoms with van der Waals surface area (Å²) in [5.74, 6) is 0. The fourth-order valence-corrected chi connectivity index (χ4v) is 3.75. The first kappa shape index (κ1) is 21.0. The van der Waals surface area contributed by atoms with Gasteiger partial charge in [-0.3, -0.25) is 0 Å². The number of benzene rings is 2. The van der Waals surface area contributed by atoms with E-state index in [-0.39, 0.29) is 0 Å². The van der Waals surface area contributed by atoms with E-state index >= 15 is 0 Å². The summed E-state index contributed by atoms with van der Waals surface area (Å²) in [7, 11) is 0. The Hall–Kier alpha value is -1.72. The Morgan fingerprint density at radius 3 is 1.32 bits per heavy atom. The third-order valence-electron chi connectivity index (χ3n) is 5.33. The molecule has 3 rings (SSSR count). The Balaban J connectivity index is 1.68. The van der Waals surface area contributed by atoms with E-state index in [1.807, 2.05) is 0 Å². The molecular formula is C24H36N4. The van der Waals surface area contributed by atoms with E-state index in [1.54, 1.807) is 0 Å². The molecule has 0 saturated heterocycles. The van der Waals surface area contributed by atoms with Gasteiger partial charge in [-0.25, -0.2) is 0 Å². The Kier molecular flexibility index (Phi) is 9.51. The van der Waals surface area contributed by atoms with Crippen molar-refractivity contribution in [3.05, 3.63) is 59.7 Å². The first-order chi connectivity index (χ1) is 13.9. The minimum absolute atomic E-state index is 0.920. The minimum atomic E-state index is 0.920. The van der Waals surface area contributed by atoms with E-state index in [2.05, 4.69) is 69.8 Å². The van der Waals surface area contributed by atoms with Crippen molar-refractivity contribution in [2.45, 2.75) is 38.8 Å².